The highest BCUT2D eigenvalue weighted by atomic mass is 32.1. The Kier molecular flexibility index (Phi) is 4.45. The summed E-state index contributed by atoms with van der Waals surface area (Å²) in [6.45, 7) is 1.78. The minimum Gasteiger partial charge on any atom is -0.467 e. The minimum atomic E-state index is -4.46. The van der Waals surface area contributed by atoms with E-state index in [2.05, 4.69) is 5.32 Å². The number of benzene rings is 2. The van der Waals surface area contributed by atoms with Gasteiger partial charge in [-0.05, 0) is 55.5 Å². The van der Waals surface area contributed by atoms with Crippen LogP contribution in [0.15, 0.2) is 42.5 Å². The topological polar surface area (TPSA) is 50.8 Å². The van der Waals surface area contributed by atoms with Crippen molar-refractivity contribution < 1.29 is 27.4 Å². The fraction of sp³-hybridized carbons (Fsp3) is 0.300. The number of alkyl halides is 3. The number of thiocarbonyl (C=S) groups is 1. The van der Waals surface area contributed by atoms with Gasteiger partial charge in [-0.25, -0.2) is 4.79 Å². The van der Waals surface area contributed by atoms with Gasteiger partial charge in [0.15, 0.2) is 10.8 Å². The maximum atomic E-state index is 13.2. The van der Waals surface area contributed by atoms with E-state index in [4.69, 9.17) is 21.7 Å². The molecule has 2 aliphatic heterocycles. The number of anilines is 1. The fourth-order valence-corrected chi connectivity index (χ4v) is 4.27. The van der Waals surface area contributed by atoms with Crippen LogP contribution < -0.4 is 15.0 Å². The standard InChI is InChI=1S/C20H17F3N2O3S/c1-19-10-15(14-8-11(17(26)27-2)6-7-16(14)28-19)24-18(29)25(19)13-5-3-4-12(9-13)20(21,22)23/h3-9,15H,10H2,1-2H3,(H,24,29). The van der Waals surface area contributed by atoms with Crippen LogP contribution in [0.4, 0.5) is 18.9 Å². The monoisotopic (exact) mass is 422 g/mol. The van der Waals surface area contributed by atoms with Crippen molar-refractivity contribution in [3.8, 4) is 5.75 Å². The molecule has 2 heterocycles. The van der Waals surface area contributed by atoms with Crippen LogP contribution in [0.5, 0.6) is 5.75 Å². The highest BCUT2D eigenvalue weighted by molar-refractivity contribution is 7.80. The molecule has 2 atom stereocenters. The van der Waals surface area contributed by atoms with Gasteiger partial charge >= 0.3 is 12.1 Å². The van der Waals surface area contributed by atoms with Crippen LogP contribution in [0.3, 0.4) is 0 Å². The molecule has 5 nitrogen and oxygen atoms in total. The molecule has 2 aliphatic rings. The summed E-state index contributed by atoms with van der Waals surface area (Å²) in [4.78, 5) is 13.4. The van der Waals surface area contributed by atoms with Crippen LogP contribution in [0.1, 0.15) is 40.9 Å². The number of nitrogens with one attached hydrogen (secondary N) is 1. The highest BCUT2D eigenvalue weighted by Crippen LogP contribution is 2.46. The smallest absolute Gasteiger partial charge is 0.416 e. The third-order valence-corrected chi connectivity index (χ3v) is 5.42. The summed E-state index contributed by atoms with van der Waals surface area (Å²) in [6, 6.07) is 9.65. The van der Waals surface area contributed by atoms with Crippen LogP contribution in [0.25, 0.3) is 0 Å². The van der Waals surface area contributed by atoms with Crippen molar-refractivity contribution in [2.45, 2.75) is 31.3 Å². The number of rotatable bonds is 2. The minimum absolute atomic E-state index is 0.247. The molecule has 0 aromatic heterocycles. The predicted octanol–water partition coefficient (Wildman–Crippen LogP) is 4.43. The number of carbonyl (C=O) groups excluding carboxylic acids is 1. The SMILES string of the molecule is COC(=O)c1ccc2c(c1)C1CC(C)(O2)N(c2cccc(C(F)(F)F)c2)C(=S)N1. The van der Waals surface area contributed by atoms with Crippen molar-refractivity contribution >= 4 is 29.0 Å². The molecule has 0 radical (unpaired) electrons. The lowest BCUT2D eigenvalue weighted by Crippen LogP contribution is -2.65. The Hall–Kier alpha value is -2.81. The number of hydrogen-bond acceptors (Lipinski definition) is 4. The number of fused-ring (bicyclic) bond motifs is 4. The first-order chi connectivity index (χ1) is 13.6. The molecule has 29 heavy (non-hydrogen) atoms. The maximum Gasteiger partial charge on any atom is 0.416 e. The largest absolute Gasteiger partial charge is 0.467 e. The molecule has 2 unspecified atom stereocenters. The Morgan fingerprint density at radius 3 is 2.76 bits per heavy atom. The normalized spacial score (nSPS) is 23.0. The van der Waals surface area contributed by atoms with E-state index in [1.165, 1.54) is 13.2 Å². The molecule has 2 bridgehead atoms. The lowest BCUT2D eigenvalue weighted by atomic mass is 9.89. The number of halogens is 3. The number of nitrogens with zero attached hydrogens (tertiary/aromatic N) is 1. The molecular formula is C20H17F3N2O3S. The first kappa shape index (κ1) is 19.5. The summed E-state index contributed by atoms with van der Waals surface area (Å²) in [7, 11) is 1.30. The van der Waals surface area contributed by atoms with Crippen molar-refractivity contribution in [2.24, 2.45) is 0 Å². The molecule has 0 spiro atoms. The van der Waals surface area contributed by atoms with E-state index in [9.17, 15) is 18.0 Å². The van der Waals surface area contributed by atoms with E-state index in [-0.39, 0.29) is 16.8 Å². The first-order valence-electron chi connectivity index (χ1n) is 8.82. The fourth-order valence-electron chi connectivity index (χ4n) is 3.83. The van der Waals surface area contributed by atoms with E-state index in [0.29, 0.717) is 17.7 Å². The molecule has 1 N–H and O–H groups in total. The van der Waals surface area contributed by atoms with Crippen LogP contribution in [-0.4, -0.2) is 23.9 Å². The molecule has 2 aromatic carbocycles. The van der Waals surface area contributed by atoms with Gasteiger partial charge in [-0.3, -0.25) is 4.90 Å². The zero-order valence-electron chi connectivity index (χ0n) is 15.5. The van der Waals surface area contributed by atoms with Crippen molar-refractivity contribution in [1.29, 1.82) is 0 Å². The third-order valence-electron chi connectivity index (χ3n) is 5.12. The second-order valence-corrected chi connectivity index (χ2v) is 7.50. The molecule has 2 aromatic rings. The highest BCUT2D eigenvalue weighted by Gasteiger charge is 2.48. The van der Waals surface area contributed by atoms with Crippen LogP contribution >= 0.6 is 12.2 Å². The summed E-state index contributed by atoms with van der Waals surface area (Å²) in [5.74, 6) is 0.0634. The van der Waals surface area contributed by atoms with Gasteiger partial charge in [0.1, 0.15) is 5.75 Å². The van der Waals surface area contributed by atoms with Crippen molar-refractivity contribution in [3.63, 3.8) is 0 Å². The van der Waals surface area contributed by atoms with Gasteiger partial charge < -0.3 is 14.8 Å². The van der Waals surface area contributed by atoms with Gasteiger partial charge in [0, 0.05) is 17.7 Å². The average Bonchev–Trinajstić information content (AvgIpc) is 2.66. The molecule has 1 fully saturated rings. The van der Waals surface area contributed by atoms with Crippen LogP contribution in [0, 0.1) is 0 Å². The zero-order valence-corrected chi connectivity index (χ0v) is 16.4. The van der Waals surface area contributed by atoms with E-state index in [0.717, 1.165) is 17.7 Å². The molecule has 4 rings (SSSR count). The van der Waals surface area contributed by atoms with E-state index in [1.54, 1.807) is 36.1 Å². The average molecular weight is 422 g/mol. The van der Waals surface area contributed by atoms with Gasteiger partial charge in [-0.2, -0.15) is 13.2 Å². The molecule has 1 saturated heterocycles. The third kappa shape index (κ3) is 3.29. The van der Waals surface area contributed by atoms with Gasteiger partial charge in [-0.15, -0.1) is 0 Å². The Balaban J connectivity index is 1.74. The quantitative estimate of drug-likeness (QED) is 0.571. The van der Waals surface area contributed by atoms with Crippen molar-refractivity contribution in [3.05, 3.63) is 59.2 Å². The van der Waals surface area contributed by atoms with E-state index in [1.807, 2.05) is 0 Å². The second kappa shape index (κ2) is 6.62. The Morgan fingerprint density at radius 2 is 2.07 bits per heavy atom. The number of methoxy groups -OCH3 is 1. The summed E-state index contributed by atoms with van der Waals surface area (Å²) < 4.78 is 50.5. The Labute approximate surface area is 170 Å². The molecular weight excluding hydrogens is 405 g/mol. The first-order valence-corrected chi connectivity index (χ1v) is 9.22. The lowest BCUT2D eigenvalue weighted by molar-refractivity contribution is -0.137. The Morgan fingerprint density at radius 1 is 1.31 bits per heavy atom. The van der Waals surface area contributed by atoms with E-state index < -0.39 is 23.4 Å². The van der Waals surface area contributed by atoms with Gasteiger partial charge in [0.25, 0.3) is 0 Å². The van der Waals surface area contributed by atoms with Crippen molar-refractivity contribution in [1.82, 2.24) is 5.32 Å². The van der Waals surface area contributed by atoms with Gasteiger partial charge in [0.2, 0.25) is 0 Å². The summed E-state index contributed by atoms with van der Waals surface area (Å²) >= 11 is 5.47. The number of ether oxygens (including phenoxy) is 2. The molecule has 0 aliphatic carbocycles. The molecule has 0 saturated carbocycles. The molecule has 0 amide bonds. The van der Waals surface area contributed by atoms with E-state index >= 15 is 0 Å². The lowest BCUT2D eigenvalue weighted by Gasteiger charge is -2.52. The van der Waals surface area contributed by atoms with Gasteiger partial charge in [-0.1, -0.05) is 6.07 Å². The predicted molar refractivity (Wildman–Crippen MR) is 104 cm³/mol. The molecule has 9 heteroatoms. The number of hydrogen-bond donors (Lipinski definition) is 1. The van der Waals surface area contributed by atoms with Crippen molar-refractivity contribution in [2.75, 3.05) is 12.0 Å². The maximum absolute atomic E-state index is 13.2. The summed E-state index contributed by atoms with van der Waals surface area (Å²) in [6.07, 6.45) is -4.05. The Bertz CT molecular complexity index is 1010. The summed E-state index contributed by atoms with van der Waals surface area (Å²) in [5, 5.41) is 3.41. The number of esters is 1. The number of carbonyl (C=O) groups is 1. The van der Waals surface area contributed by atoms with Crippen LogP contribution in [-0.2, 0) is 10.9 Å². The summed E-state index contributed by atoms with van der Waals surface area (Å²) in [5.41, 5.74) is -0.338. The molecule has 152 valence electrons. The second-order valence-electron chi connectivity index (χ2n) is 7.11. The zero-order chi connectivity index (χ0) is 21.0. The van der Waals surface area contributed by atoms with Crippen LogP contribution in [0.2, 0.25) is 0 Å². The van der Waals surface area contributed by atoms with Gasteiger partial charge in [0.05, 0.1) is 24.3 Å².